The summed E-state index contributed by atoms with van der Waals surface area (Å²) in [7, 11) is -4.27. The Kier molecular flexibility index (Phi) is 8.09. The van der Waals surface area contributed by atoms with Gasteiger partial charge in [0.25, 0.3) is 5.91 Å². The topological polar surface area (TPSA) is 124 Å². The second-order valence-electron chi connectivity index (χ2n) is 10.0. The second-order valence-corrected chi connectivity index (χ2v) is 11.9. The molecule has 0 bridgehead atoms. The van der Waals surface area contributed by atoms with Gasteiger partial charge in [0.15, 0.2) is 0 Å². The number of primary amides is 1. The van der Waals surface area contributed by atoms with Gasteiger partial charge in [0.1, 0.15) is 34.3 Å². The maximum atomic E-state index is 13.7. The van der Waals surface area contributed by atoms with Crippen molar-refractivity contribution in [1.82, 2.24) is 9.29 Å². The lowest BCUT2D eigenvalue weighted by molar-refractivity contribution is -0.137. The van der Waals surface area contributed by atoms with E-state index < -0.39 is 32.6 Å². The number of alkyl halides is 3. The number of nitrogens with two attached hydrogens (primary N) is 1. The average molecular weight is 591 g/mol. The quantitative estimate of drug-likeness (QED) is 0.377. The Morgan fingerprint density at radius 2 is 1.63 bits per heavy atom. The fourth-order valence-electron chi connectivity index (χ4n) is 4.86. The van der Waals surface area contributed by atoms with Gasteiger partial charge in [-0.1, -0.05) is 18.2 Å². The van der Waals surface area contributed by atoms with Crippen molar-refractivity contribution in [2.45, 2.75) is 55.0 Å². The second kappa shape index (κ2) is 11.6. The highest BCUT2D eigenvalue weighted by Crippen LogP contribution is 2.37. The first-order chi connectivity index (χ1) is 19.5. The zero-order chi connectivity index (χ0) is 29.2. The molecular formula is C28H29F3N4O5S. The molecule has 41 heavy (non-hydrogen) atoms. The summed E-state index contributed by atoms with van der Waals surface area (Å²) in [5, 5.41) is 3.12. The summed E-state index contributed by atoms with van der Waals surface area (Å²) in [6, 6.07) is 14.8. The van der Waals surface area contributed by atoms with E-state index in [4.69, 9.17) is 15.2 Å². The first kappa shape index (κ1) is 28.7. The number of nitrogens with zero attached hydrogens (tertiary/aromatic N) is 2. The molecule has 1 saturated carbocycles. The summed E-state index contributed by atoms with van der Waals surface area (Å²) in [5.74, 6) is 0.385. The number of hydrogen-bond acceptors (Lipinski definition) is 7. The van der Waals surface area contributed by atoms with Crippen LogP contribution in [0.3, 0.4) is 0 Å². The van der Waals surface area contributed by atoms with E-state index in [1.807, 2.05) is 30.3 Å². The number of sulfonamides is 1. The molecule has 3 N–H and O–H groups in total. The molecule has 218 valence electrons. The molecule has 0 atom stereocenters. The van der Waals surface area contributed by atoms with Gasteiger partial charge in [-0.2, -0.15) is 17.5 Å². The summed E-state index contributed by atoms with van der Waals surface area (Å²) in [6.45, 7) is 0.0970. The zero-order valence-corrected chi connectivity index (χ0v) is 22.7. The van der Waals surface area contributed by atoms with Crippen LogP contribution >= 0.6 is 0 Å². The smallest absolute Gasteiger partial charge is 0.416 e. The number of pyridine rings is 1. The zero-order valence-electron chi connectivity index (χ0n) is 21.9. The lowest BCUT2D eigenvalue weighted by atomic mass is 9.89. The molecule has 0 radical (unpaired) electrons. The van der Waals surface area contributed by atoms with Crippen LogP contribution in [0.4, 0.5) is 18.9 Å². The normalized spacial score (nSPS) is 20.2. The van der Waals surface area contributed by atoms with Crippen molar-refractivity contribution < 1.29 is 35.9 Å². The Bertz CT molecular complexity index is 1490. The van der Waals surface area contributed by atoms with Crippen molar-refractivity contribution in [2.24, 2.45) is 5.73 Å². The van der Waals surface area contributed by atoms with Crippen molar-refractivity contribution in [2.75, 3.05) is 18.4 Å². The highest BCUT2D eigenvalue weighted by atomic mass is 32.2. The van der Waals surface area contributed by atoms with Gasteiger partial charge in [-0.05, 0) is 49.2 Å². The van der Waals surface area contributed by atoms with Gasteiger partial charge in [-0.25, -0.2) is 8.42 Å². The van der Waals surface area contributed by atoms with Crippen LogP contribution in [0.25, 0.3) is 0 Å². The number of nitrogens with one attached hydrogen (secondary N) is 1. The Morgan fingerprint density at radius 3 is 2.29 bits per heavy atom. The number of carbonyl (C=O) groups is 1. The number of para-hydroxylation sites is 1. The summed E-state index contributed by atoms with van der Waals surface area (Å²) >= 11 is 0. The number of anilines is 1. The maximum Gasteiger partial charge on any atom is 0.416 e. The predicted octanol–water partition coefficient (Wildman–Crippen LogP) is 4.45. The van der Waals surface area contributed by atoms with Crippen LogP contribution in [0.15, 0.2) is 71.8 Å². The standard InChI is InChI=1S/C28H29F3N4O5S/c29-28(30,31)18-6-7-24(34-19-15-23(16-19)40-20-4-2-1-3-5-20)26(14-18)41(37,38)35-12-9-21(10-13-35)39-22-8-11-33-25(17-22)27(32)36/h1-8,11,14,17,19,21,23,34H,9-10,12-13,15-16H2,(H2,32,36). The lowest BCUT2D eigenvalue weighted by Gasteiger charge is -2.37. The van der Waals surface area contributed by atoms with E-state index in [-0.39, 0.29) is 42.7 Å². The van der Waals surface area contributed by atoms with E-state index in [2.05, 4.69) is 10.3 Å². The number of piperidine rings is 1. The van der Waals surface area contributed by atoms with Crippen molar-refractivity contribution in [1.29, 1.82) is 0 Å². The van der Waals surface area contributed by atoms with E-state index >= 15 is 0 Å². The third-order valence-electron chi connectivity index (χ3n) is 7.11. The van der Waals surface area contributed by atoms with Crippen LogP contribution in [0.1, 0.15) is 41.7 Å². The Morgan fingerprint density at radius 1 is 0.951 bits per heavy atom. The van der Waals surface area contributed by atoms with Crippen LogP contribution in [-0.2, 0) is 16.2 Å². The molecule has 1 amide bonds. The van der Waals surface area contributed by atoms with Gasteiger partial charge in [0, 0.05) is 44.2 Å². The molecule has 13 heteroatoms. The number of benzene rings is 2. The monoisotopic (exact) mass is 590 g/mol. The molecule has 9 nitrogen and oxygen atoms in total. The fourth-order valence-corrected chi connectivity index (χ4v) is 6.51. The molecule has 1 saturated heterocycles. The van der Waals surface area contributed by atoms with Crippen molar-refractivity contribution in [3.63, 3.8) is 0 Å². The number of aromatic nitrogens is 1. The summed E-state index contributed by atoms with van der Waals surface area (Å²) < 4.78 is 81.0. The molecule has 0 unspecified atom stereocenters. The van der Waals surface area contributed by atoms with E-state index in [1.54, 1.807) is 6.07 Å². The molecule has 2 aromatic carbocycles. The van der Waals surface area contributed by atoms with E-state index in [1.165, 1.54) is 22.6 Å². The van der Waals surface area contributed by atoms with Crippen LogP contribution < -0.4 is 20.5 Å². The highest BCUT2D eigenvalue weighted by Gasteiger charge is 2.38. The summed E-state index contributed by atoms with van der Waals surface area (Å²) in [4.78, 5) is 14.8. The van der Waals surface area contributed by atoms with Gasteiger partial charge in [-0.3, -0.25) is 9.78 Å². The van der Waals surface area contributed by atoms with Crippen molar-refractivity contribution in [3.8, 4) is 11.5 Å². The van der Waals surface area contributed by atoms with Crippen LogP contribution in [0.5, 0.6) is 11.5 Å². The molecule has 2 fully saturated rings. The van der Waals surface area contributed by atoms with Crippen LogP contribution in [-0.4, -0.2) is 55.0 Å². The summed E-state index contributed by atoms with van der Waals surface area (Å²) in [5.41, 5.74) is 4.37. The predicted molar refractivity (Wildman–Crippen MR) is 144 cm³/mol. The third-order valence-corrected chi connectivity index (χ3v) is 9.05. The van der Waals surface area contributed by atoms with Gasteiger partial charge < -0.3 is 20.5 Å². The Hall–Kier alpha value is -3.84. The fraction of sp³-hybridized carbons (Fsp3) is 0.357. The minimum absolute atomic E-state index is 0.0384. The largest absolute Gasteiger partial charge is 0.490 e. The maximum absolute atomic E-state index is 13.7. The molecule has 2 heterocycles. The highest BCUT2D eigenvalue weighted by molar-refractivity contribution is 7.89. The molecular weight excluding hydrogens is 561 g/mol. The molecule has 2 aliphatic rings. The number of carbonyl (C=O) groups excluding carboxylic acids is 1. The number of amides is 1. The Balaban J connectivity index is 1.27. The lowest BCUT2D eigenvalue weighted by Crippen LogP contribution is -2.44. The first-order valence-corrected chi connectivity index (χ1v) is 14.5. The third kappa shape index (κ3) is 6.73. The van der Waals surface area contributed by atoms with Gasteiger partial charge >= 0.3 is 6.18 Å². The van der Waals surface area contributed by atoms with E-state index in [0.717, 1.165) is 11.8 Å². The molecule has 1 aromatic heterocycles. The van der Waals surface area contributed by atoms with Crippen LogP contribution in [0, 0.1) is 0 Å². The Labute approximate surface area is 235 Å². The van der Waals surface area contributed by atoms with Crippen molar-refractivity contribution >= 4 is 21.6 Å². The van der Waals surface area contributed by atoms with E-state index in [9.17, 15) is 26.4 Å². The number of ether oxygens (including phenoxy) is 2. The molecule has 5 rings (SSSR count). The van der Waals surface area contributed by atoms with Crippen molar-refractivity contribution in [3.05, 3.63) is 78.1 Å². The molecule has 1 aliphatic carbocycles. The summed E-state index contributed by atoms with van der Waals surface area (Å²) in [6.07, 6.45) is -2.01. The number of halogens is 3. The first-order valence-electron chi connectivity index (χ1n) is 13.1. The minimum atomic E-state index is -4.71. The van der Waals surface area contributed by atoms with Crippen LogP contribution in [0.2, 0.25) is 0 Å². The van der Waals surface area contributed by atoms with Gasteiger partial charge in [-0.15, -0.1) is 0 Å². The van der Waals surface area contributed by atoms with Gasteiger partial charge in [0.05, 0.1) is 11.3 Å². The average Bonchev–Trinajstić information content (AvgIpc) is 2.92. The van der Waals surface area contributed by atoms with Gasteiger partial charge in [0.2, 0.25) is 10.0 Å². The SMILES string of the molecule is NC(=O)c1cc(OC2CCN(S(=O)(=O)c3cc(C(F)(F)F)ccc3NC3CC(Oc4ccccc4)C3)CC2)ccn1. The minimum Gasteiger partial charge on any atom is -0.490 e. The van der Waals surface area contributed by atoms with E-state index in [0.29, 0.717) is 37.5 Å². The molecule has 1 aliphatic heterocycles. The molecule has 0 spiro atoms. The molecule has 3 aromatic rings. The number of rotatable bonds is 9. The number of hydrogen-bond donors (Lipinski definition) is 2.